The van der Waals surface area contributed by atoms with Crippen molar-refractivity contribution >= 4 is 5.69 Å². The van der Waals surface area contributed by atoms with Crippen molar-refractivity contribution in [3.05, 3.63) is 23.3 Å². The second-order valence-electron chi connectivity index (χ2n) is 3.85. The van der Waals surface area contributed by atoms with Crippen molar-refractivity contribution in [3.63, 3.8) is 0 Å². The average molecular weight is 193 g/mol. The first-order chi connectivity index (χ1) is 6.54. The van der Waals surface area contributed by atoms with Gasteiger partial charge in [0.1, 0.15) is 5.75 Å². The van der Waals surface area contributed by atoms with E-state index in [1.165, 1.54) is 16.8 Å². The predicted octanol–water partition coefficient (Wildman–Crippen LogP) is 3.13. The van der Waals surface area contributed by atoms with Crippen LogP contribution in [-0.2, 0) is 0 Å². The smallest absolute Gasteiger partial charge is 0.123 e. The summed E-state index contributed by atoms with van der Waals surface area (Å²) in [5.74, 6) is 0.983. The monoisotopic (exact) mass is 193 g/mol. The number of ether oxygens (including phenoxy) is 1. The van der Waals surface area contributed by atoms with Gasteiger partial charge in [-0.3, -0.25) is 0 Å². The van der Waals surface area contributed by atoms with E-state index < -0.39 is 0 Å². The molecule has 0 fully saturated rings. The highest BCUT2D eigenvalue weighted by atomic mass is 16.5. The van der Waals surface area contributed by atoms with Crippen molar-refractivity contribution in [2.24, 2.45) is 0 Å². The molecule has 1 N–H and O–H groups in total. The van der Waals surface area contributed by atoms with Gasteiger partial charge in [0.05, 0.1) is 6.10 Å². The third-order valence-corrected chi connectivity index (χ3v) is 2.15. The lowest BCUT2D eigenvalue weighted by molar-refractivity contribution is 0.240. The van der Waals surface area contributed by atoms with Crippen LogP contribution in [0.2, 0.25) is 0 Å². The molecule has 0 heterocycles. The molecule has 0 aliphatic rings. The Bertz CT molecular complexity index is 318. The normalized spacial score (nSPS) is 10.4. The number of benzene rings is 1. The van der Waals surface area contributed by atoms with E-state index in [1.54, 1.807) is 0 Å². The zero-order valence-electron chi connectivity index (χ0n) is 9.64. The van der Waals surface area contributed by atoms with E-state index in [0.717, 1.165) is 5.75 Å². The minimum atomic E-state index is 0.230. The Morgan fingerprint density at radius 2 is 1.79 bits per heavy atom. The molecule has 2 nitrogen and oxygen atoms in total. The molecule has 0 saturated carbocycles. The van der Waals surface area contributed by atoms with Crippen LogP contribution in [0.4, 0.5) is 5.69 Å². The first-order valence-electron chi connectivity index (χ1n) is 5.00. The quantitative estimate of drug-likeness (QED) is 0.796. The van der Waals surface area contributed by atoms with E-state index in [9.17, 15) is 0 Å². The van der Waals surface area contributed by atoms with Gasteiger partial charge < -0.3 is 10.1 Å². The van der Waals surface area contributed by atoms with E-state index in [4.69, 9.17) is 4.74 Å². The summed E-state index contributed by atoms with van der Waals surface area (Å²) in [5, 5.41) is 3.16. The molecule has 1 aromatic rings. The summed E-state index contributed by atoms with van der Waals surface area (Å²) in [4.78, 5) is 0. The van der Waals surface area contributed by atoms with Gasteiger partial charge >= 0.3 is 0 Å². The number of hydrogen-bond acceptors (Lipinski definition) is 2. The lowest BCUT2D eigenvalue weighted by Crippen LogP contribution is -2.07. The molecular weight excluding hydrogens is 174 g/mol. The van der Waals surface area contributed by atoms with Crippen LogP contribution in [0.5, 0.6) is 5.75 Å². The van der Waals surface area contributed by atoms with Crippen LogP contribution >= 0.6 is 0 Å². The molecule has 1 rings (SSSR count). The summed E-state index contributed by atoms with van der Waals surface area (Å²) in [7, 11) is 1.94. The molecule has 0 aliphatic carbocycles. The van der Waals surface area contributed by atoms with Crippen molar-refractivity contribution in [3.8, 4) is 5.75 Å². The lowest BCUT2D eigenvalue weighted by atomic mass is 10.1. The Labute approximate surface area is 86.3 Å². The van der Waals surface area contributed by atoms with Crippen LogP contribution in [0.15, 0.2) is 12.1 Å². The van der Waals surface area contributed by atoms with Crippen molar-refractivity contribution in [1.29, 1.82) is 0 Å². The topological polar surface area (TPSA) is 21.3 Å². The third-order valence-electron chi connectivity index (χ3n) is 2.15. The number of rotatable bonds is 3. The zero-order valence-corrected chi connectivity index (χ0v) is 9.64. The van der Waals surface area contributed by atoms with E-state index >= 15 is 0 Å². The first-order valence-corrected chi connectivity index (χ1v) is 5.00. The standard InChI is InChI=1S/C12H19NO/c1-8(2)14-12-7-9(3)11(13-5)6-10(12)4/h6-8,13H,1-5H3. The summed E-state index contributed by atoms with van der Waals surface area (Å²) in [5.41, 5.74) is 3.56. The molecule has 0 saturated heterocycles. The fourth-order valence-electron chi connectivity index (χ4n) is 1.44. The molecule has 0 bridgehead atoms. The summed E-state index contributed by atoms with van der Waals surface area (Å²) in [6.45, 7) is 8.23. The maximum atomic E-state index is 5.70. The molecule has 0 unspecified atom stereocenters. The van der Waals surface area contributed by atoms with E-state index in [2.05, 4.69) is 31.3 Å². The highest BCUT2D eigenvalue weighted by Crippen LogP contribution is 2.26. The van der Waals surface area contributed by atoms with Gasteiger partial charge in [-0.05, 0) is 51.0 Å². The van der Waals surface area contributed by atoms with E-state index in [-0.39, 0.29) is 6.10 Å². The van der Waals surface area contributed by atoms with Crippen LogP contribution in [0.25, 0.3) is 0 Å². The van der Waals surface area contributed by atoms with Gasteiger partial charge in [0.15, 0.2) is 0 Å². The molecule has 0 amide bonds. The van der Waals surface area contributed by atoms with Gasteiger partial charge in [-0.1, -0.05) is 0 Å². The molecule has 0 atom stereocenters. The summed E-state index contributed by atoms with van der Waals surface area (Å²) in [6, 6.07) is 4.20. The van der Waals surface area contributed by atoms with Crippen LogP contribution in [0, 0.1) is 13.8 Å². The molecule has 2 heteroatoms. The number of aryl methyl sites for hydroxylation is 2. The maximum Gasteiger partial charge on any atom is 0.123 e. The predicted molar refractivity (Wildman–Crippen MR) is 61.2 cm³/mol. The summed E-state index contributed by atoms with van der Waals surface area (Å²) >= 11 is 0. The van der Waals surface area contributed by atoms with Gasteiger partial charge in [0.2, 0.25) is 0 Å². The van der Waals surface area contributed by atoms with Crippen LogP contribution < -0.4 is 10.1 Å². The Hall–Kier alpha value is -1.18. The van der Waals surface area contributed by atoms with Crippen LogP contribution in [0.3, 0.4) is 0 Å². The number of anilines is 1. The Morgan fingerprint density at radius 3 is 2.29 bits per heavy atom. The Balaban J connectivity index is 3.02. The Kier molecular flexibility index (Phi) is 3.39. The third kappa shape index (κ3) is 2.41. The van der Waals surface area contributed by atoms with Crippen molar-refractivity contribution < 1.29 is 4.74 Å². The van der Waals surface area contributed by atoms with Gasteiger partial charge in [0, 0.05) is 12.7 Å². The first kappa shape index (κ1) is 10.9. The van der Waals surface area contributed by atoms with Gasteiger partial charge in [-0.2, -0.15) is 0 Å². The van der Waals surface area contributed by atoms with Gasteiger partial charge in [-0.15, -0.1) is 0 Å². The minimum absolute atomic E-state index is 0.230. The van der Waals surface area contributed by atoms with Crippen LogP contribution in [-0.4, -0.2) is 13.2 Å². The van der Waals surface area contributed by atoms with E-state index in [0.29, 0.717) is 0 Å². The highest BCUT2D eigenvalue weighted by molar-refractivity contribution is 5.56. The summed E-state index contributed by atoms with van der Waals surface area (Å²) < 4.78 is 5.70. The molecule has 14 heavy (non-hydrogen) atoms. The number of nitrogens with one attached hydrogen (secondary N) is 1. The van der Waals surface area contributed by atoms with E-state index in [1.807, 2.05) is 20.9 Å². The molecule has 0 aliphatic heterocycles. The summed E-state index contributed by atoms with van der Waals surface area (Å²) in [6.07, 6.45) is 0.230. The highest BCUT2D eigenvalue weighted by Gasteiger charge is 2.05. The SMILES string of the molecule is CNc1cc(C)c(OC(C)C)cc1C. The fraction of sp³-hybridized carbons (Fsp3) is 0.500. The van der Waals surface area contributed by atoms with Crippen molar-refractivity contribution in [2.45, 2.75) is 33.8 Å². The molecule has 78 valence electrons. The van der Waals surface area contributed by atoms with Gasteiger partial charge in [-0.25, -0.2) is 0 Å². The van der Waals surface area contributed by atoms with Crippen molar-refractivity contribution in [2.75, 3.05) is 12.4 Å². The average Bonchev–Trinajstić information content (AvgIpc) is 2.10. The molecule has 0 spiro atoms. The molecule has 0 radical (unpaired) electrons. The lowest BCUT2D eigenvalue weighted by Gasteiger charge is -2.15. The second kappa shape index (κ2) is 4.36. The molecule has 1 aromatic carbocycles. The number of hydrogen-bond donors (Lipinski definition) is 1. The Morgan fingerprint density at radius 1 is 1.14 bits per heavy atom. The largest absolute Gasteiger partial charge is 0.491 e. The molecular formula is C12H19NO. The minimum Gasteiger partial charge on any atom is -0.491 e. The zero-order chi connectivity index (χ0) is 10.7. The van der Waals surface area contributed by atoms with Gasteiger partial charge in [0.25, 0.3) is 0 Å². The van der Waals surface area contributed by atoms with Crippen molar-refractivity contribution in [1.82, 2.24) is 0 Å². The second-order valence-corrected chi connectivity index (χ2v) is 3.85. The fourth-order valence-corrected chi connectivity index (χ4v) is 1.44. The maximum absolute atomic E-state index is 5.70. The van der Waals surface area contributed by atoms with Crippen LogP contribution in [0.1, 0.15) is 25.0 Å². The molecule has 0 aromatic heterocycles.